The summed E-state index contributed by atoms with van der Waals surface area (Å²) in [6.45, 7) is 1.75. The molecule has 2 rings (SSSR count). The Morgan fingerprint density at radius 3 is 2.83 bits per heavy atom. The van der Waals surface area contributed by atoms with E-state index in [1.807, 2.05) is 14.1 Å². The van der Waals surface area contributed by atoms with Crippen LogP contribution in [0.2, 0.25) is 0 Å². The summed E-state index contributed by atoms with van der Waals surface area (Å²) >= 11 is 0. The molecule has 0 aliphatic rings. The molecule has 2 N–H and O–H groups in total. The highest BCUT2D eigenvalue weighted by Gasteiger charge is 2.08. The van der Waals surface area contributed by atoms with Crippen molar-refractivity contribution in [3.63, 3.8) is 0 Å². The second-order valence-corrected chi connectivity index (χ2v) is 4.93. The van der Waals surface area contributed by atoms with Gasteiger partial charge in [-0.15, -0.1) is 0 Å². The third-order valence-corrected chi connectivity index (χ3v) is 2.64. The van der Waals surface area contributed by atoms with Gasteiger partial charge in [0.25, 0.3) is 0 Å². The van der Waals surface area contributed by atoms with Gasteiger partial charge in [-0.25, -0.2) is 9.79 Å². The second kappa shape index (κ2) is 7.09. The number of hydrogen-bond acceptors (Lipinski definition) is 5. The fourth-order valence-corrected chi connectivity index (χ4v) is 1.66. The Morgan fingerprint density at radius 1 is 1.43 bits per heavy atom. The van der Waals surface area contributed by atoms with Gasteiger partial charge in [0.2, 0.25) is 0 Å². The minimum Gasteiger partial charge on any atom is -0.432 e. The van der Waals surface area contributed by atoms with Crippen LogP contribution in [-0.4, -0.2) is 36.3 Å². The van der Waals surface area contributed by atoms with E-state index in [4.69, 9.17) is 4.42 Å². The van der Waals surface area contributed by atoms with Gasteiger partial charge in [-0.2, -0.15) is 10.2 Å². The number of benzene rings is 1. The summed E-state index contributed by atoms with van der Waals surface area (Å²) in [5.41, 5.74) is 2.00. The molecule has 23 heavy (non-hydrogen) atoms. The summed E-state index contributed by atoms with van der Waals surface area (Å²) in [7, 11) is 3.67. The number of carbonyl (C=O) groups excluding carboxylic acids is 1. The molecule has 1 aromatic heterocycles. The van der Waals surface area contributed by atoms with E-state index in [-0.39, 0.29) is 6.01 Å². The van der Waals surface area contributed by atoms with Crippen molar-refractivity contribution in [1.29, 1.82) is 5.26 Å². The van der Waals surface area contributed by atoms with Crippen molar-refractivity contribution in [2.24, 2.45) is 4.99 Å². The maximum Gasteiger partial charge on any atom is 0.327 e. The maximum atomic E-state index is 11.8. The molecule has 2 amide bonds. The molecule has 0 aliphatic carbocycles. The van der Waals surface area contributed by atoms with Crippen LogP contribution in [-0.2, 0) is 0 Å². The monoisotopic (exact) mass is 312 g/mol. The van der Waals surface area contributed by atoms with Gasteiger partial charge in [-0.05, 0) is 25.1 Å². The van der Waals surface area contributed by atoms with Crippen molar-refractivity contribution in [3.05, 3.63) is 35.7 Å². The first-order valence-electron chi connectivity index (χ1n) is 6.73. The molecule has 2 aromatic rings. The Morgan fingerprint density at radius 2 is 2.22 bits per heavy atom. The van der Waals surface area contributed by atoms with Crippen molar-refractivity contribution in [1.82, 2.24) is 9.88 Å². The molecule has 0 bridgehead atoms. The Balaban J connectivity index is 2.08. The number of aryl methyl sites for hydroxylation is 1. The van der Waals surface area contributed by atoms with Gasteiger partial charge in [-0.3, -0.25) is 5.32 Å². The number of aromatic nitrogens is 1. The maximum absolute atomic E-state index is 11.8. The van der Waals surface area contributed by atoms with E-state index < -0.39 is 6.03 Å². The number of oxazole rings is 1. The number of urea groups is 1. The van der Waals surface area contributed by atoms with Gasteiger partial charge in [0.15, 0.2) is 0 Å². The number of carbonyl (C=O) groups is 1. The first-order chi connectivity index (χ1) is 11.0. The quantitative estimate of drug-likeness (QED) is 0.667. The van der Waals surface area contributed by atoms with Crippen LogP contribution in [0, 0.1) is 18.3 Å². The molecular weight excluding hydrogens is 296 g/mol. The fraction of sp³-hybridized carbons (Fsp3) is 0.200. The number of rotatable bonds is 4. The molecule has 0 atom stereocenters. The van der Waals surface area contributed by atoms with Gasteiger partial charge >= 0.3 is 12.0 Å². The molecular formula is C15H16N6O2. The lowest BCUT2D eigenvalue weighted by atomic mass is 10.2. The molecule has 0 radical (unpaired) electrons. The standard InChI is InChI=1S/C15H16N6O2/c1-10-8-23-15(18-10)20-14(22)19-12-4-5-13(11(6-12)7-16)17-9-21(2)3/h4-6,8-9H,1-3H3,(H2,18,19,20,22). The SMILES string of the molecule is Cc1coc(NC(=O)Nc2ccc(N=CN(C)C)c(C#N)c2)n1. The minimum absolute atomic E-state index is 0.104. The predicted molar refractivity (Wildman–Crippen MR) is 86.9 cm³/mol. The largest absolute Gasteiger partial charge is 0.432 e. The summed E-state index contributed by atoms with van der Waals surface area (Å²) in [6.07, 6.45) is 3.03. The molecule has 118 valence electrons. The van der Waals surface area contributed by atoms with Gasteiger partial charge < -0.3 is 14.6 Å². The zero-order chi connectivity index (χ0) is 16.8. The first-order valence-corrected chi connectivity index (χ1v) is 6.73. The molecule has 0 fully saturated rings. The molecule has 1 aromatic carbocycles. The number of hydrogen-bond donors (Lipinski definition) is 2. The molecule has 0 spiro atoms. The fourth-order valence-electron chi connectivity index (χ4n) is 1.66. The molecule has 0 unspecified atom stereocenters. The van der Waals surface area contributed by atoms with Gasteiger partial charge in [-0.1, -0.05) is 0 Å². The van der Waals surface area contributed by atoms with E-state index >= 15 is 0 Å². The number of nitrogens with zero attached hydrogens (tertiary/aromatic N) is 4. The van der Waals surface area contributed by atoms with Crippen molar-refractivity contribution < 1.29 is 9.21 Å². The van der Waals surface area contributed by atoms with Crippen LogP contribution in [0.3, 0.4) is 0 Å². The molecule has 0 aliphatic heterocycles. The van der Waals surface area contributed by atoms with E-state index in [0.717, 1.165) is 0 Å². The zero-order valence-corrected chi connectivity index (χ0v) is 13.0. The predicted octanol–water partition coefficient (Wildman–Crippen LogP) is 2.72. The van der Waals surface area contributed by atoms with E-state index in [1.165, 1.54) is 6.26 Å². The second-order valence-electron chi connectivity index (χ2n) is 4.93. The van der Waals surface area contributed by atoms with E-state index in [1.54, 1.807) is 36.4 Å². The smallest absolute Gasteiger partial charge is 0.327 e. The lowest BCUT2D eigenvalue weighted by Crippen LogP contribution is -2.19. The molecule has 1 heterocycles. The number of nitrogens with one attached hydrogen (secondary N) is 2. The summed E-state index contributed by atoms with van der Waals surface area (Å²) in [4.78, 5) is 21.8. The molecule has 8 nitrogen and oxygen atoms in total. The van der Waals surface area contributed by atoms with Crippen LogP contribution < -0.4 is 10.6 Å². The zero-order valence-electron chi connectivity index (χ0n) is 13.0. The molecule has 8 heteroatoms. The average molecular weight is 312 g/mol. The third-order valence-electron chi connectivity index (χ3n) is 2.64. The first kappa shape index (κ1) is 16.0. The number of anilines is 2. The molecule has 0 saturated heterocycles. The third kappa shape index (κ3) is 4.57. The highest BCUT2D eigenvalue weighted by molar-refractivity contribution is 5.98. The van der Waals surface area contributed by atoms with Crippen LogP contribution in [0.15, 0.2) is 33.9 Å². The van der Waals surface area contributed by atoms with Gasteiger partial charge in [0.1, 0.15) is 12.3 Å². The van der Waals surface area contributed by atoms with E-state index in [0.29, 0.717) is 22.6 Å². The normalized spacial score (nSPS) is 10.3. The Hall–Kier alpha value is -3.34. The van der Waals surface area contributed by atoms with E-state index in [9.17, 15) is 10.1 Å². The number of aliphatic imine (C=N–C) groups is 1. The lowest BCUT2D eigenvalue weighted by Gasteiger charge is -2.07. The summed E-state index contributed by atoms with van der Waals surface area (Å²) in [5, 5.41) is 14.2. The Labute approximate surface area is 133 Å². The average Bonchev–Trinajstić information content (AvgIpc) is 2.90. The van der Waals surface area contributed by atoms with E-state index in [2.05, 4.69) is 26.7 Å². The summed E-state index contributed by atoms with van der Waals surface area (Å²) in [5.74, 6) is 0. The van der Waals surface area contributed by atoms with Crippen LogP contribution in [0.25, 0.3) is 0 Å². The van der Waals surface area contributed by atoms with Crippen LogP contribution in [0.1, 0.15) is 11.3 Å². The van der Waals surface area contributed by atoms with Crippen molar-refractivity contribution in [3.8, 4) is 6.07 Å². The number of amides is 2. The topological polar surface area (TPSA) is 107 Å². The lowest BCUT2D eigenvalue weighted by molar-refractivity contribution is 0.261. The number of nitriles is 1. The highest BCUT2D eigenvalue weighted by atomic mass is 16.4. The van der Waals surface area contributed by atoms with Crippen LogP contribution in [0.5, 0.6) is 0 Å². The van der Waals surface area contributed by atoms with Crippen LogP contribution in [0.4, 0.5) is 22.2 Å². The summed E-state index contributed by atoms with van der Waals surface area (Å²) in [6, 6.07) is 6.50. The van der Waals surface area contributed by atoms with Crippen LogP contribution >= 0.6 is 0 Å². The van der Waals surface area contributed by atoms with Gasteiger partial charge in [0, 0.05) is 19.8 Å². The highest BCUT2D eigenvalue weighted by Crippen LogP contribution is 2.22. The van der Waals surface area contributed by atoms with Crippen molar-refractivity contribution in [2.75, 3.05) is 24.7 Å². The Kier molecular flexibility index (Phi) is 4.94. The Bertz CT molecular complexity index is 773. The van der Waals surface area contributed by atoms with Gasteiger partial charge in [0.05, 0.1) is 23.3 Å². The molecule has 0 saturated carbocycles. The van der Waals surface area contributed by atoms with Crippen molar-refractivity contribution in [2.45, 2.75) is 6.92 Å². The van der Waals surface area contributed by atoms with Crippen molar-refractivity contribution >= 4 is 29.8 Å². The minimum atomic E-state index is -0.514. The summed E-state index contributed by atoms with van der Waals surface area (Å²) < 4.78 is 5.03.